The van der Waals surface area contributed by atoms with Gasteiger partial charge in [0.25, 0.3) is 0 Å². The first-order valence-electron chi connectivity index (χ1n) is 5.97. The number of rotatable bonds is 3. The number of aldehydes is 1. The molecule has 0 N–H and O–H groups in total. The van der Waals surface area contributed by atoms with E-state index in [0.717, 1.165) is 28.0 Å². The predicted molar refractivity (Wildman–Crippen MR) is 73.2 cm³/mol. The van der Waals surface area contributed by atoms with Gasteiger partial charge in [-0.2, -0.15) is 0 Å². The molecule has 2 rings (SSSR count). The summed E-state index contributed by atoms with van der Waals surface area (Å²) in [5.74, 6) is 0.312. The van der Waals surface area contributed by atoms with Crippen molar-refractivity contribution in [2.24, 2.45) is 0 Å². The van der Waals surface area contributed by atoms with Gasteiger partial charge in [-0.05, 0) is 60.4 Å². The van der Waals surface area contributed by atoms with E-state index in [-0.39, 0.29) is 5.56 Å². The van der Waals surface area contributed by atoms with Crippen molar-refractivity contribution < 1.29 is 13.9 Å². The molecule has 0 atom stereocenters. The van der Waals surface area contributed by atoms with E-state index in [4.69, 9.17) is 4.74 Å². The van der Waals surface area contributed by atoms with E-state index in [1.54, 1.807) is 13.2 Å². The Balaban J connectivity index is 2.56. The molecule has 0 aliphatic rings. The molecule has 0 fully saturated rings. The Kier molecular flexibility index (Phi) is 3.65. The van der Waals surface area contributed by atoms with Gasteiger partial charge in [-0.1, -0.05) is 6.07 Å². The summed E-state index contributed by atoms with van der Waals surface area (Å²) >= 11 is 0. The standard InChI is InChI=1S/C16H15FO2/c1-10-7-16(19-3)11(2)6-14(10)12-4-5-13(9-18)15(17)8-12/h4-9H,1-3H3. The molecule has 0 spiro atoms. The van der Waals surface area contributed by atoms with Gasteiger partial charge in [0.05, 0.1) is 12.7 Å². The van der Waals surface area contributed by atoms with Gasteiger partial charge in [0, 0.05) is 0 Å². The van der Waals surface area contributed by atoms with Crippen molar-refractivity contribution in [3.8, 4) is 16.9 Å². The van der Waals surface area contributed by atoms with Gasteiger partial charge < -0.3 is 4.74 Å². The van der Waals surface area contributed by atoms with Gasteiger partial charge in [0.15, 0.2) is 6.29 Å². The molecule has 0 aliphatic carbocycles. The fourth-order valence-corrected chi connectivity index (χ4v) is 2.11. The molecule has 0 heterocycles. The maximum Gasteiger partial charge on any atom is 0.152 e. The highest BCUT2D eigenvalue weighted by Crippen LogP contribution is 2.30. The number of aryl methyl sites for hydroxylation is 2. The van der Waals surface area contributed by atoms with Crippen LogP contribution in [0.3, 0.4) is 0 Å². The largest absolute Gasteiger partial charge is 0.496 e. The lowest BCUT2D eigenvalue weighted by Crippen LogP contribution is -1.93. The number of carbonyl (C=O) groups excluding carboxylic acids is 1. The average Bonchev–Trinajstić information content (AvgIpc) is 2.40. The van der Waals surface area contributed by atoms with Crippen LogP contribution < -0.4 is 4.74 Å². The Morgan fingerprint density at radius 3 is 2.42 bits per heavy atom. The van der Waals surface area contributed by atoms with Gasteiger partial charge in [-0.3, -0.25) is 4.79 Å². The number of ether oxygens (including phenoxy) is 1. The molecular formula is C16H15FO2. The summed E-state index contributed by atoms with van der Waals surface area (Å²) < 4.78 is 18.9. The molecule has 0 aromatic heterocycles. The molecule has 0 aliphatic heterocycles. The summed E-state index contributed by atoms with van der Waals surface area (Å²) in [4.78, 5) is 10.6. The highest BCUT2D eigenvalue weighted by molar-refractivity contribution is 5.78. The molecule has 19 heavy (non-hydrogen) atoms. The van der Waals surface area contributed by atoms with Gasteiger partial charge in [0.1, 0.15) is 11.6 Å². The van der Waals surface area contributed by atoms with Crippen LogP contribution in [0.25, 0.3) is 11.1 Å². The van der Waals surface area contributed by atoms with Crippen LogP contribution in [-0.4, -0.2) is 13.4 Å². The van der Waals surface area contributed by atoms with Crippen LogP contribution in [0, 0.1) is 19.7 Å². The summed E-state index contributed by atoms with van der Waals surface area (Å²) in [5, 5.41) is 0. The SMILES string of the molecule is COc1cc(C)c(-c2ccc(C=O)c(F)c2)cc1C. The van der Waals surface area contributed by atoms with Crippen molar-refractivity contribution in [1.82, 2.24) is 0 Å². The first kappa shape index (κ1) is 13.3. The average molecular weight is 258 g/mol. The van der Waals surface area contributed by atoms with Crippen LogP contribution in [-0.2, 0) is 0 Å². The van der Waals surface area contributed by atoms with E-state index in [1.807, 2.05) is 26.0 Å². The van der Waals surface area contributed by atoms with Crippen LogP contribution in [0.5, 0.6) is 5.75 Å². The maximum atomic E-state index is 13.7. The topological polar surface area (TPSA) is 26.3 Å². The monoisotopic (exact) mass is 258 g/mol. The highest BCUT2D eigenvalue weighted by Gasteiger charge is 2.09. The summed E-state index contributed by atoms with van der Waals surface area (Å²) in [6.07, 6.45) is 0.519. The molecule has 0 amide bonds. The Hall–Kier alpha value is -2.16. The molecule has 0 bridgehead atoms. The lowest BCUT2D eigenvalue weighted by molar-refractivity contribution is 0.112. The second-order valence-corrected chi connectivity index (χ2v) is 4.49. The fourth-order valence-electron chi connectivity index (χ4n) is 2.11. The van der Waals surface area contributed by atoms with Gasteiger partial charge >= 0.3 is 0 Å². The highest BCUT2D eigenvalue weighted by atomic mass is 19.1. The Morgan fingerprint density at radius 2 is 1.84 bits per heavy atom. The molecule has 2 nitrogen and oxygen atoms in total. The van der Waals surface area contributed by atoms with Crippen molar-refractivity contribution in [3.63, 3.8) is 0 Å². The minimum absolute atomic E-state index is 0.0756. The van der Waals surface area contributed by atoms with Crippen LogP contribution in [0.2, 0.25) is 0 Å². The van der Waals surface area contributed by atoms with Gasteiger partial charge in [0.2, 0.25) is 0 Å². The minimum atomic E-state index is -0.500. The van der Waals surface area contributed by atoms with Crippen LogP contribution in [0.1, 0.15) is 21.5 Å². The second kappa shape index (κ2) is 5.22. The van der Waals surface area contributed by atoms with E-state index in [2.05, 4.69) is 0 Å². The number of benzene rings is 2. The van der Waals surface area contributed by atoms with Crippen LogP contribution >= 0.6 is 0 Å². The summed E-state index contributed by atoms with van der Waals surface area (Å²) in [5.41, 5.74) is 3.76. The van der Waals surface area contributed by atoms with E-state index in [1.165, 1.54) is 12.1 Å². The van der Waals surface area contributed by atoms with Crippen molar-refractivity contribution in [2.45, 2.75) is 13.8 Å². The van der Waals surface area contributed by atoms with E-state index >= 15 is 0 Å². The molecular weight excluding hydrogens is 243 g/mol. The normalized spacial score (nSPS) is 10.3. The van der Waals surface area contributed by atoms with Crippen molar-refractivity contribution in [2.75, 3.05) is 7.11 Å². The minimum Gasteiger partial charge on any atom is -0.496 e. The number of hydrogen-bond donors (Lipinski definition) is 0. The zero-order valence-corrected chi connectivity index (χ0v) is 11.2. The van der Waals surface area contributed by atoms with Crippen molar-refractivity contribution in [3.05, 3.63) is 52.8 Å². The molecule has 2 aromatic carbocycles. The Bertz CT molecular complexity index is 633. The summed E-state index contributed by atoms with van der Waals surface area (Å²) in [7, 11) is 1.62. The predicted octanol–water partition coefficient (Wildman–Crippen LogP) is 3.93. The van der Waals surface area contributed by atoms with Crippen molar-refractivity contribution in [1.29, 1.82) is 0 Å². The zero-order chi connectivity index (χ0) is 14.0. The third-order valence-electron chi connectivity index (χ3n) is 3.18. The quantitative estimate of drug-likeness (QED) is 0.780. The summed E-state index contributed by atoms with van der Waals surface area (Å²) in [6, 6.07) is 8.52. The van der Waals surface area contributed by atoms with Gasteiger partial charge in [-0.25, -0.2) is 4.39 Å². The van der Waals surface area contributed by atoms with E-state index in [0.29, 0.717) is 6.29 Å². The zero-order valence-electron chi connectivity index (χ0n) is 11.2. The van der Waals surface area contributed by atoms with E-state index in [9.17, 15) is 9.18 Å². The number of hydrogen-bond acceptors (Lipinski definition) is 2. The number of halogens is 1. The number of methoxy groups -OCH3 is 1. The van der Waals surface area contributed by atoms with Crippen molar-refractivity contribution >= 4 is 6.29 Å². The lowest BCUT2D eigenvalue weighted by atomic mass is 9.97. The van der Waals surface area contributed by atoms with Gasteiger partial charge in [-0.15, -0.1) is 0 Å². The first-order valence-corrected chi connectivity index (χ1v) is 5.97. The molecule has 98 valence electrons. The first-order chi connectivity index (χ1) is 9.06. The van der Waals surface area contributed by atoms with E-state index < -0.39 is 5.82 Å². The molecule has 0 saturated carbocycles. The molecule has 2 aromatic rings. The smallest absolute Gasteiger partial charge is 0.152 e. The Morgan fingerprint density at radius 1 is 1.11 bits per heavy atom. The summed E-state index contributed by atoms with van der Waals surface area (Å²) in [6.45, 7) is 3.89. The molecule has 0 unspecified atom stereocenters. The molecule has 3 heteroatoms. The third kappa shape index (κ3) is 2.50. The maximum absolute atomic E-state index is 13.7. The molecule has 0 saturated heterocycles. The Labute approximate surface area is 111 Å². The number of carbonyl (C=O) groups is 1. The third-order valence-corrected chi connectivity index (χ3v) is 3.18. The fraction of sp³-hybridized carbons (Fsp3) is 0.188. The van der Waals surface area contributed by atoms with Crippen LogP contribution in [0.15, 0.2) is 30.3 Å². The van der Waals surface area contributed by atoms with Crippen LogP contribution in [0.4, 0.5) is 4.39 Å². The lowest BCUT2D eigenvalue weighted by Gasteiger charge is -2.12. The second-order valence-electron chi connectivity index (χ2n) is 4.49. The molecule has 0 radical (unpaired) electrons.